The summed E-state index contributed by atoms with van der Waals surface area (Å²) in [4.78, 5) is 2.50. The van der Waals surface area contributed by atoms with Crippen LogP contribution in [0.2, 0.25) is 0 Å². The molecule has 0 bridgehead atoms. The van der Waals surface area contributed by atoms with Crippen LogP contribution in [-0.2, 0) is 0 Å². The van der Waals surface area contributed by atoms with Gasteiger partial charge in [0.1, 0.15) is 0 Å². The van der Waals surface area contributed by atoms with E-state index < -0.39 is 0 Å². The normalized spacial score (nSPS) is 22.9. The minimum absolute atomic E-state index is 0.544. The topological polar surface area (TPSA) is 15.3 Å². The molecule has 13 heavy (non-hydrogen) atoms. The fraction of sp³-hybridized carbons (Fsp3) is 0.818. The van der Waals surface area contributed by atoms with Crippen LogP contribution in [0.25, 0.3) is 0 Å². The number of hydrogen-bond acceptors (Lipinski definition) is 2. The van der Waals surface area contributed by atoms with E-state index in [2.05, 4.69) is 30.6 Å². The molecule has 0 aromatic rings. The van der Waals surface area contributed by atoms with E-state index in [0.717, 1.165) is 12.6 Å². The van der Waals surface area contributed by atoms with Crippen molar-refractivity contribution in [3.05, 3.63) is 12.7 Å². The number of nitrogens with zero attached hydrogens (tertiary/aromatic N) is 1. The van der Waals surface area contributed by atoms with E-state index in [1.165, 1.54) is 25.9 Å². The highest BCUT2D eigenvalue weighted by atomic mass is 15.2. The SMILES string of the molecule is C=CC(C)N1CCC(NCC)CC1. The van der Waals surface area contributed by atoms with Crippen molar-refractivity contribution in [2.75, 3.05) is 19.6 Å². The zero-order valence-electron chi connectivity index (χ0n) is 8.92. The Morgan fingerprint density at radius 3 is 2.62 bits per heavy atom. The maximum atomic E-state index is 3.83. The average molecular weight is 182 g/mol. The van der Waals surface area contributed by atoms with Gasteiger partial charge in [-0.2, -0.15) is 0 Å². The van der Waals surface area contributed by atoms with E-state index >= 15 is 0 Å². The number of hydrogen-bond donors (Lipinski definition) is 1. The first-order chi connectivity index (χ1) is 6.27. The lowest BCUT2D eigenvalue weighted by Gasteiger charge is -2.35. The summed E-state index contributed by atoms with van der Waals surface area (Å²) in [6, 6.07) is 1.29. The van der Waals surface area contributed by atoms with Crippen LogP contribution >= 0.6 is 0 Å². The van der Waals surface area contributed by atoms with Crippen LogP contribution < -0.4 is 5.32 Å². The minimum Gasteiger partial charge on any atom is -0.314 e. The smallest absolute Gasteiger partial charge is 0.0247 e. The number of rotatable bonds is 4. The molecule has 0 aliphatic carbocycles. The summed E-state index contributed by atoms with van der Waals surface area (Å²) in [7, 11) is 0. The molecule has 0 aromatic heterocycles. The third-order valence-electron chi connectivity index (χ3n) is 2.94. The van der Waals surface area contributed by atoms with Gasteiger partial charge in [-0.3, -0.25) is 4.90 Å². The molecule has 1 fully saturated rings. The Morgan fingerprint density at radius 1 is 1.54 bits per heavy atom. The molecule has 0 aromatic carbocycles. The highest BCUT2D eigenvalue weighted by Crippen LogP contribution is 2.13. The fourth-order valence-corrected chi connectivity index (χ4v) is 1.95. The predicted molar refractivity (Wildman–Crippen MR) is 57.9 cm³/mol. The molecule has 1 aliphatic heterocycles. The molecule has 1 atom stereocenters. The monoisotopic (exact) mass is 182 g/mol. The lowest BCUT2D eigenvalue weighted by molar-refractivity contribution is 0.176. The van der Waals surface area contributed by atoms with Crippen molar-refractivity contribution >= 4 is 0 Å². The highest BCUT2D eigenvalue weighted by Gasteiger charge is 2.20. The molecule has 0 radical (unpaired) electrons. The molecule has 1 unspecified atom stereocenters. The summed E-state index contributed by atoms with van der Waals surface area (Å²) in [6.45, 7) is 11.8. The molecular formula is C11H22N2. The average Bonchev–Trinajstić information content (AvgIpc) is 2.18. The van der Waals surface area contributed by atoms with Crippen LogP contribution in [0, 0.1) is 0 Å². The van der Waals surface area contributed by atoms with Gasteiger partial charge in [-0.05, 0) is 26.3 Å². The molecule has 0 amide bonds. The van der Waals surface area contributed by atoms with Crippen LogP contribution in [0.5, 0.6) is 0 Å². The predicted octanol–water partition coefficient (Wildman–Crippen LogP) is 1.63. The molecule has 2 heteroatoms. The first kappa shape index (κ1) is 10.7. The molecule has 1 rings (SSSR count). The minimum atomic E-state index is 0.544. The van der Waals surface area contributed by atoms with Crippen molar-refractivity contribution in [3.8, 4) is 0 Å². The lowest BCUT2D eigenvalue weighted by atomic mass is 10.0. The van der Waals surface area contributed by atoms with Crippen LogP contribution in [0.15, 0.2) is 12.7 Å². The highest BCUT2D eigenvalue weighted by molar-refractivity contribution is 4.87. The van der Waals surface area contributed by atoms with Crippen molar-refractivity contribution in [2.45, 2.75) is 38.8 Å². The molecule has 1 heterocycles. The Hall–Kier alpha value is -0.340. The lowest BCUT2D eigenvalue weighted by Crippen LogP contribution is -2.45. The Morgan fingerprint density at radius 2 is 2.15 bits per heavy atom. The van der Waals surface area contributed by atoms with Gasteiger partial charge in [0, 0.05) is 25.2 Å². The molecular weight excluding hydrogens is 160 g/mol. The van der Waals surface area contributed by atoms with Gasteiger partial charge in [0.05, 0.1) is 0 Å². The van der Waals surface area contributed by atoms with Crippen LogP contribution in [0.4, 0.5) is 0 Å². The summed E-state index contributed by atoms with van der Waals surface area (Å²) in [5.41, 5.74) is 0. The van der Waals surface area contributed by atoms with Gasteiger partial charge in [-0.15, -0.1) is 6.58 Å². The zero-order chi connectivity index (χ0) is 9.68. The van der Waals surface area contributed by atoms with Gasteiger partial charge in [0.15, 0.2) is 0 Å². The third-order valence-corrected chi connectivity index (χ3v) is 2.94. The molecule has 1 N–H and O–H groups in total. The Labute approximate surface area is 82.0 Å². The van der Waals surface area contributed by atoms with Crippen LogP contribution in [-0.4, -0.2) is 36.6 Å². The quantitative estimate of drug-likeness (QED) is 0.665. The van der Waals surface area contributed by atoms with Crippen molar-refractivity contribution in [2.24, 2.45) is 0 Å². The van der Waals surface area contributed by atoms with Crippen molar-refractivity contribution in [1.82, 2.24) is 10.2 Å². The molecule has 2 nitrogen and oxygen atoms in total. The fourth-order valence-electron chi connectivity index (χ4n) is 1.95. The van der Waals surface area contributed by atoms with E-state index in [0.29, 0.717) is 6.04 Å². The molecule has 76 valence electrons. The van der Waals surface area contributed by atoms with Gasteiger partial charge < -0.3 is 5.32 Å². The summed E-state index contributed by atoms with van der Waals surface area (Å²) in [5.74, 6) is 0. The van der Waals surface area contributed by atoms with Gasteiger partial charge in [-0.25, -0.2) is 0 Å². The second-order valence-corrected chi connectivity index (χ2v) is 3.84. The van der Waals surface area contributed by atoms with E-state index in [-0.39, 0.29) is 0 Å². The van der Waals surface area contributed by atoms with Gasteiger partial charge in [0.2, 0.25) is 0 Å². The molecule has 0 saturated carbocycles. The Bertz CT molecular complexity index is 148. The molecule has 0 spiro atoms. The molecule has 1 aliphatic rings. The summed E-state index contributed by atoms with van der Waals surface area (Å²) >= 11 is 0. The van der Waals surface area contributed by atoms with Gasteiger partial charge >= 0.3 is 0 Å². The first-order valence-electron chi connectivity index (χ1n) is 5.38. The third kappa shape index (κ3) is 3.12. The molecule has 1 saturated heterocycles. The van der Waals surface area contributed by atoms with E-state index in [4.69, 9.17) is 0 Å². The van der Waals surface area contributed by atoms with Crippen molar-refractivity contribution in [3.63, 3.8) is 0 Å². The van der Waals surface area contributed by atoms with Crippen molar-refractivity contribution < 1.29 is 0 Å². The summed E-state index contributed by atoms with van der Waals surface area (Å²) < 4.78 is 0. The number of likely N-dealkylation sites (tertiary alicyclic amines) is 1. The second kappa shape index (κ2) is 5.40. The van der Waals surface area contributed by atoms with E-state index in [9.17, 15) is 0 Å². The number of piperidine rings is 1. The van der Waals surface area contributed by atoms with E-state index in [1.54, 1.807) is 0 Å². The Balaban J connectivity index is 2.26. The zero-order valence-corrected chi connectivity index (χ0v) is 8.92. The standard InChI is InChI=1S/C11H22N2/c1-4-10(3)13-8-6-11(7-9-13)12-5-2/h4,10-12H,1,5-9H2,2-3H3. The van der Waals surface area contributed by atoms with Crippen LogP contribution in [0.1, 0.15) is 26.7 Å². The van der Waals surface area contributed by atoms with Crippen LogP contribution in [0.3, 0.4) is 0 Å². The van der Waals surface area contributed by atoms with Gasteiger partial charge in [-0.1, -0.05) is 13.0 Å². The Kier molecular flexibility index (Phi) is 4.46. The maximum Gasteiger partial charge on any atom is 0.0247 e. The second-order valence-electron chi connectivity index (χ2n) is 3.84. The van der Waals surface area contributed by atoms with Crippen molar-refractivity contribution in [1.29, 1.82) is 0 Å². The van der Waals surface area contributed by atoms with Gasteiger partial charge in [0.25, 0.3) is 0 Å². The first-order valence-corrected chi connectivity index (χ1v) is 5.38. The maximum absolute atomic E-state index is 3.83. The number of nitrogens with one attached hydrogen (secondary N) is 1. The summed E-state index contributed by atoms with van der Waals surface area (Å²) in [6.07, 6.45) is 4.60. The summed E-state index contributed by atoms with van der Waals surface area (Å²) in [5, 5.41) is 3.51. The van der Waals surface area contributed by atoms with E-state index in [1.807, 2.05) is 6.08 Å². The largest absolute Gasteiger partial charge is 0.314 e.